The molecular weight excluding hydrogens is 494 g/mol. The first-order chi connectivity index (χ1) is 19.1. The molecule has 0 unspecified atom stereocenters. The maximum Gasteiger partial charge on any atom is 0.231 e. The Bertz CT molecular complexity index is 1600. The molecule has 0 saturated carbocycles. The Morgan fingerprint density at radius 2 is 1.82 bits per heavy atom. The smallest absolute Gasteiger partial charge is 0.231 e. The SMILES string of the molecule is CC(C)n1cnc2c(NCc3nc4ccccc4[nH]3)nc(N3CCN(Cc4ccc5c(c4)OCO5)CC3)nc21. The monoisotopic (exact) mass is 525 g/mol. The van der Waals surface area contributed by atoms with Gasteiger partial charge in [0.15, 0.2) is 28.5 Å². The first-order valence-electron chi connectivity index (χ1n) is 13.4. The van der Waals surface area contributed by atoms with Crippen LogP contribution in [0.4, 0.5) is 11.8 Å². The van der Waals surface area contributed by atoms with E-state index in [1.807, 2.05) is 36.7 Å². The van der Waals surface area contributed by atoms with Gasteiger partial charge in [0, 0.05) is 38.8 Å². The van der Waals surface area contributed by atoms with Gasteiger partial charge in [-0.1, -0.05) is 18.2 Å². The largest absolute Gasteiger partial charge is 0.454 e. The zero-order chi connectivity index (χ0) is 26.3. The molecular formula is C28H31N9O2. The summed E-state index contributed by atoms with van der Waals surface area (Å²) in [5.41, 5.74) is 4.80. The van der Waals surface area contributed by atoms with Gasteiger partial charge in [0.2, 0.25) is 12.7 Å². The van der Waals surface area contributed by atoms with Gasteiger partial charge < -0.3 is 29.2 Å². The minimum atomic E-state index is 0.236. The van der Waals surface area contributed by atoms with Crippen LogP contribution in [0.25, 0.3) is 22.2 Å². The average molecular weight is 526 g/mol. The Morgan fingerprint density at radius 1 is 0.974 bits per heavy atom. The molecule has 7 rings (SSSR count). The van der Waals surface area contributed by atoms with Gasteiger partial charge >= 0.3 is 0 Å². The molecule has 1 fully saturated rings. The second-order valence-corrected chi connectivity index (χ2v) is 10.3. The minimum Gasteiger partial charge on any atom is -0.454 e. The molecule has 39 heavy (non-hydrogen) atoms. The van der Waals surface area contributed by atoms with Gasteiger partial charge in [-0.2, -0.15) is 9.97 Å². The van der Waals surface area contributed by atoms with E-state index in [4.69, 9.17) is 24.4 Å². The molecule has 11 heteroatoms. The van der Waals surface area contributed by atoms with Crippen molar-refractivity contribution in [2.24, 2.45) is 0 Å². The van der Waals surface area contributed by atoms with E-state index in [2.05, 4.69) is 55.6 Å². The van der Waals surface area contributed by atoms with Crippen LogP contribution < -0.4 is 19.7 Å². The van der Waals surface area contributed by atoms with Gasteiger partial charge in [0.1, 0.15) is 5.82 Å². The molecule has 1 saturated heterocycles. The minimum absolute atomic E-state index is 0.236. The molecule has 2 aromatic carbocycles. The molecule has 0 spiro atoms. The number of H-pyrrole nitrogens is 1. The zero-order valence-corrected chi connectivity index (χ0v) is 22.1. The van der Waals surface area contributed by atoms with Gasteiger partial charge in [0.05, 0.1) is 23.9 Å². The van der Waals surface area contributed by atoms with Crippen molar-refractivity contribution in [1.82, 2.24) is 34.4 Å². The van der Waals surface area contributed by atoms with E-state index in [-0.39, 0.29) is 6.04 Å². The Kier molecular flexibility index (Phi) is 5.92. The molecule has 200 valence electrons. The molecule has 2 N–H and O–H groups in total. The number of benzene rings is 2. The van der Waals surface area contributed by atoms with E-state index in [1.54, 1.807) is 0 Å². The summed E-state index contributed by atoms with van der Waals surface area (Å²) in [4.78, 5) is 27.4. The molecule has 2 aliphatic rings. The molecule has 0 atom stereocenters. The van der Waals surface area contributed by atoms with E-state index in [0.29, 0.717) is 13.3 Å². The summed E-state index contributed by atoms with van der Waals surface area (Å²) in [5.74, 6) is 3.95. The highest BCUT2D eigenvalue weighted by Crippen LogP contribution is 2.33. The van der Waals surface area contributed by atoms with E-state index in [9.17, 15) is 0 Å². The van der Waals surface area contributed by atoms with E-state index >= 15 is 0 Å². The van der Waals surface area contributed by atoms with Crippen molar-refractivity contribution in [3.05, 3.63) is 60.2 Å². The molecule has 0 amide bonds. The van der Waals surface area contributed by atoms with Gasteiger partial charge in [-0.25, -0.2) is 9.97 Å². The van der Waals surface area contributed by atoms with Crippen LogP contribution in [0.3, 0.4) is 0 Å². The number of ether oxygens (including phenoxy) is 2. The lowest BCUT2D eigenvalue weighted by Crippen LogP contribution is -2.46. The molecule has 5 heterocycles. The maximum atomic E-state index is 5.55. The Hall–Kier alpha value is -4.38. The number of para-hydroxylation sites is 2. The third-order valence-corrected chi connectivity index (χ3v) is 7.33. The van der Waals surface area contributed by atoms with E-state index in [0.717, 1.165) is 84.0 Å². The summed E-state index contributed by atoms with van der Waals surface area (Å²) in [6, 6.07) is 14.5. The summed E-state index contributed by atoms with van der Waals surface area (Å²) in [6.07, 6.45) is 1.85. The van der Waals surface area contributed by atoms with Crippen molar-refractivity contribution in [1.29, 1.82) is 0 Å². The van der Waals surface area contributed by atoms with Crippen molar-refractivity contribution >= 4 is 34.0 Å². The number of fused-ring (bicyclic) bond motifs is 3. The van der Waals surface area contributed by atoms with Crippen LogP contribution in [0.15, 0.2) is 48.8 Å². The lowest BCUT2D eigenvalue weighted by molar-refractivity contribution is 0.174. The third-order valence-electron chi connectivity index (χ3n) is 7.33. The number of imidazole rings is 2. The number of nitrogens with zero attached hydrogens (tertiary/aromatic N) is 7. The fourth-order valence-corrected chi connectivity index (χ4v) is 5.21. The van der Waals surface area contributed by atoms with Crippen LogP contribution in [0, 0.1) is 0 Å². The maximum absolute atomic E-state index is 5.55. The molecule has 3 aromatic heterocycles. The van der Waals surface area contributed by atoms with Crippen LogP contribution in [-0.2, 0) is 13.1 Å². The number of hydrogen-bond acceptors (Lipinski definition) is 9. The van der Waals surface area contributed by atoms with Crippen molar-refractivity contribution in [3.8, 4) is 11.5 Å². The Labute approximate surface area is 225 Å². The van der Waals surface area contributed by atoms with Gasteiger partial charge in [-0.3, -0.25) is 4.90 Å². The number of aromatic amines is 1. The number of piperazine rings is 1. The fraction of sp³-hybridized carbons (Fsp3) is 0.357. The van der Waals surface area contributed by atoms with Crippen LogP contribution in [0.1, 0.15) is 31.3 Å². The number of hydrogen-bond donors (Lipinski definition) is 2. The highest BCUT2D eigenvalue weighted by atomic mass is 16.7. The fourth-order valence-electron chi connectivity index (χ4n) is 5.21. The second kappa shape index (κ2) is 9.73. The van der Waals surface area contributed by atoms with E-state index in [1.165, 1.54) is 5.56 Å². The number of nitrogens with one attached hydrogen (secondary N) is 2. The molecule has 0 radical (unpaired) electrons. The molecule has 0 aliphatic carbocycles. The predicted octanol–water partition coefficient (Wildman–Crippen LogP) is 3.95. The highest BCUT2D eigenvalue weighted by Gasteiger charge is 2.23. The van der Waals surface area contributed by atoms with E-state index < -0.39 is 0 Å². The second-order valence-electron chi connectivity index (χ2n) is 10.3. The van der Waals surface area contributed by atoms with Gasteiger partial charge in [0.25, 0.3) is 0 Å². The quantitative estimate of drug-likeness (QED) is 0.326. The number of anilines is 2. The Morgan fingerprint density at radius 3 is 2.67 bits per heavy atom. The standard InChI is InChI=1S/C28H31N9O2/c1-18(2)37-16-30-25-26(29-14-24-31-20-5-3-4-6-21(20)32-24)33-28(34-27(25)37)36-11-9-35(10-12-36)15-19-7-8-22-23(13-19)39-17-38-22/h3-8,13,16,18H,9-12,14-15,17H2,1-2H3,(H,31,32)(H,29,33,34). The lowest BCUT2D eigenvalue weighted by atomic mass is 10.1. The highest BCUT2D eigenvalue weighted by molar-refractivity contribution is 5.84. The van der Waals surface area contributed by atoms with Crippen molar-refractivity contribution in [2.45, 2.75) is 33.0 Å². The van der Waals surface area contributed by atoms with Gasteiger partial charge in [-0.05, 0) is 43.7 Å². The molecule has 2 aliphatic heterocycles. The first kappa shape index (κ1) is 23.7. The topological polar surface area (TPSA) is 109 Å². The molecule has 0 bridgehead atoms. The average Bonchev–Trinajstić information content (AvgIpc) is 3.69. The van der Waals surface area contributed by atoms with Gasteiger partial charge in [-0.15, -0.1) is 0 Å². The molecule has 11 nitrogen and oxygen atoms in total. The predicted molar refractivity (Wildman–Crippen MR) is 149 cm³/mol. The van der Waals surface area contributed by atoms with Crippen LogP contribution in [0.2, 0.25) is 0 Å². The van der Waals surface area contributed by atoms with Crippen LogP contribution in [-0.4, -0.2) is 67.4 Å². The van der Waals surface area contributed by atoms with Crippen LogP contribution >= 0.6 is 0 Å². The summed E-state index contributed by atoms with van der Waals surface area (Å²) < 4.78 is 13.1. The van der Waals surface area contributed by atoms with Crippen LogP contribution in [0.5, 0.6) is 11.5 Å². The van der Waals surface area contributed by atoms with Crippen molar-refractivity contribution in [2.75, 3.05) is 43.2 Å². The summed E-state index contributed by atoms with van der Waals surface area (Å²) >= 11 is 0. The summed E-state index contributed by atoms with van der Waals surface area (Å²) in [6.45, 7) is 9.48. The molecule has 5 aromatic rings. The number of aromatic nitrogens is 6. The Balaban J connectivity index is 1.10. The van der Waals surface area contributed by atoms with Crippen molar-refractivity contribution in [3.63, 3.8) is 0 Å². The first-order valence-corrected chi connectivity index (χ1v) is 13.4. The normalized spacial score (nSPS) is 15.6. The number of rotatable bonds is 7. The van der Waals surface area contributed by atoms with Crippen molar-refractivity contribution < 1.29 is 9.47 Å². The third kappa shape index (κ3) is 4.59. The summed E-state index contributed by atoms with van der Waals surface area (Å²) in [5, 5.41) is 3.48. The summed E-state index contributed by atoms with van der Waals surface area (Å²) in [7, 11) is 0. The zero-order valence-electron chi connectivity index (χ0n) is 22.1. The lowest BCUT2D eigenvalue weighted by Gasteiger charge is -2.35.